The molecule has 0 atom stereocenters. The zero-order valence-corrected chi connectivity index (χ0v) is 15.3. The van der Waals surface area contributed by atoms with Crippen molar-refractivity contribution in [2.45, 2.75) is 32.1 Å². The van der Waals surface area contributed by atoms with Crippen LogP contribution in [0.4, 0.5) is 0 Å². The van der Waals surface area contributed by atoms with Gasteiger partial charge in [-0.15, -0.1) is 0 Å². The summed E-state index contributed by atoms with van der Waals surface area (Å²) in [6.07, 6.45) is 4.80. The number of aromatic nitrogens is 1. The number of carbonyl (C=O) groups is 2. The van der Waals surface area contributed by atoms with Crippen molar-refractivity contribution in [3.8, 4) is 11.3 Å². The van der Waals surface area contributed by atoms with Gasteiger partial charge < -0.3 is 14.6 Å². The molecule has 1 aromatic carbocycles. The molecule has 0 saturated carbocycles. The minimum Gasteiger partial charge on any atom is -0.441 e. The fourth-order valence-electron chi connectivity index (χ4n) is 2.92. The average molecular weight is 376 g/mol. The maximum Gasteiger partial charge on any atom is 0.222 e. The second-order valence-electron chi connectivity index (χ2n) is 6.31. The van der Waals surface area contributed by atoms with Crippen molar-refractivity contribution in [1.29, 1.82) is 0 Å². The Morgan fingerprint density at radius 1 is 1.31 bits per heavy atom. The van der Waals surface area contributed by atoms with E-state index in [0.717, 1.165) is 24.9 Å². The molecule has 138 valence electrons. The summed E-state index contributed by atoms with van der Waals surface area (Å²) in [5.41, 5.74) is 0.897. The number of aryl methyl sites for hydroxylation is 1. The lowest BCUT2D eigenvalue weighted by Gasteiger charge is -2.15. The number of halogens is 1. The van der Waals surface area contributed by atoms with Crippen LogP contribution in [-0.2, 0) is 16.0 Å². The number of nitrogens with one attached hydrogen (secondary N) is 1. The number of rotatable bonds is 8. The summed E-state index contributed by atoms with van der Waals surface area (Å²) in [5, 5.41) is 3.54. The molecule has 2 aromatic rings. The number of nitrogens with zero attached hydrogens (tertiary/aromatic N) is 2. The van der Waals surface area contributed by atoms with Gasteiger partial charge in [-0.2, -0.15) is 0 Å². The Morgan fingerprint density at radius 3 is 2.85 bits per heavy atom. The summed E-state index contributed by atoms with van der Waals surface area (Å²) in [6.45, 7) is 2.13. The molecule has 2 amide bonds. The van der Waals surface area contributed by atoms with Crippen LogP contribution in [0.15, 0.2) is 34.9 Å². The van der Waals surface area contributed by atoms with Crippen LogP contribution in [0.1, 0.15) is 31.6 Å². The minimum atomic E-state index is -0.0380. The number of oxazole rings is 1. The Bertz CT molecular complexity index is 758. The molecule has 1 fully saturated rings. The summed E-state index contributed by atoms with van der Waals surface area (Å²) in [4.78, 5) is 29.5. The van der Waals surface area contributed by atoms with Crippen LogP contribution < -0.4 is 5.32 Å². The lowest BCUT2D eigenvalue weighted by molar-refractivity contribution is -0.127. The molecule has 0 bridgehead atoms. The van der Waals surface area contributed by atoms with Crippen LogP contribution in [0, 0.1) is 0 Å². The number of amides is 2. The van der Waals surface area contributed by atoms with Crippen molar-refractivity contribution in [2.75, 3.05) is 19.6 Å². The molecular formula is C19H22ClN3O3. The Morgan fingerprint density at radius 2 is 2.12 bits per heavy atom. The van der Waals surface area contributed by atoms with E-state index in [1.54, 1.807) is 18.3 Å². The van der Waals surface area contributed by atoms with Gasteiger partial charge in [-0.05, 0) is 37.1 Å². The normalized spacial score (nSPS) is 14.0. The van der Waals surface area contributed by atoms with Gasteiger partial charge in [-0.3, -0.25) is 9.59 Å². The topological polar surface area (TPSA) is 75.4 Å². The van der Waals surface area contributed by atoms with Gasteiger partial charge in [-0.25, -0.2) is 4.98 Å². The van der Waals surface area contributed by atoms with E-state index in [0.29, 0.717) is 49.0 Å². The van der Waals surface area contributed by atoms with Gasteiger partial charge in [0.1, 0.15) is 0 Å². The van der Waals surface area contributed by atoms with Gasteiger partial charge in [0.25, 0.3) is 0 Å². The number of hydrogen-bond acceptors (Lipinski definition) is 4. The maximum atomic E-state index is 11.9. The molecule has 0 aliphatic carbocycles. The third-order valence-corrected chi connectivity index (χ3v) is 4.60. The standard InChI is InChI=1S/C19H22ClN3O3/c20-15-6-4-14(5-7-15)16-13-22-18(26-16)9-8-17(24)21-10-2-12-23-11-1-3-19(23)25/h4-7,13H,1-3,8-12H2,(H,21,24). The first-order valence-electron chi connectivity index (χ1n) is 8.87. The molecule has 7 heteroatoms. The van der Waals surface area contributed by atoms with Crippen molar-refractivity contribution < 1.29 is 14.0 Å². The molecule has 26 heavy (non-hydrogen) atoms. The van der Waals surface area contributed by atoms with E-state index in [-0.39, 0.29) is 11.8 Å². The van der Waals surface area contributed by atoms with Gasteiger partial charge in [0.05, 0.1) is 6.20 Å². The Balaban J connectivity index is 1.36. The number of benzene rings is 1. The monoisotopic (exact) mass is 375 g/mol. The van der Waals surface area contributed by atoms with Crippen LogP contribution in [0.3, 0.4) is 0 Å². The second kappa shape index (κ2) is 8.85. The molecule has 1 N–H and O–H groups in total. The van der Waals surface area contributed by atoms with E-state index in [9.17, 15) is 9.59 Å². The quantitative estimate of drug-likeness (QED) is 0.719. The van der Waals surface area contributed by atoms with E-state index in [2.05, 4.69) is 10.3 Å². The number of carbonyl (C=O) groups excluding carboxylic acids is 2. The highest BCUT2D eigenvalue weighted by Crippen LogP contribution is 2.22. The fourth-order valence-corrected chi connectivity index (χ4v) is 3.05. The Kier molecular flexibility index (Phi) is 6.28. The lowest BCUT2D eigenvalue weighted by atomic mass is 10.2. The van der Waals surface area contributed by atoms with Crippen LogP contribution in [0.2, 0.25) is 5.02 Å². The molecule has 2 heterocycles. The van der Waals surface area contributed by atoms with E-state index in [1.807, 2.05) is 17.0 Å². The highest BCUT2D eigenvalue weighted by Gasteiger charge is 2.19. The summed E-state index contributed by atoms with van der Waals surface area (Å²) in [6, 6.07) is 7.32. The highest BCUT2D eigenvalue weighted by atomic mass is 35.5. The summed E-state index contributed by atoms with van der Waals surface area (Å²) < 4.78 is 5.69. The van der Waals surface area contributed by atoms with Crippen LogP contribution in [-0.4, -0.2) is 41.3 Å². The van der Waals surface area contributed by atoms with Gasteiger partial charge in [-0.1, -0.05) is 11.6 Å². The molecule has 1 aliphatic rings. The average Bonchev–Trinajstić information content (AvgIpc) is 3.27. The molecule has 1 saturated heterocycles. The van der Waals surface area contributed by atoms with Crippen molar-refractivity contribution in [1.82, 2.24) is 15.2 Å². The zero-order valence-electron chi connectivity index (χ0n) is 14.5. The summed E-state index contributed by atoms with van der Waals surface area (Å²) >= 11 is 5.88. The first-order chi connectivity index (χ1) is 12.6. The third kappa shape index (κ3) is 5.08. The third-order valence-electron chi connectivity index (χ3n) is 4.35. The van der Waals surface area contributed by atoms with Crippen LogP contribution >= 0.6 is 11.6 Å². The van der Waals surface area contributed by atoms with Crippen molar-refractivity contribution in [3.63, 3.8) is 0 Å². The molecule has 3 rings (SSSR count). The molecule has 1 aliphatic heterocycles. The molecule has 6 nitrogen and oxygen atoms in total. The molecule has 0 spiro atoms. The zero-order chi connectivity index (χ0) is 18.4. The van der Waals surface area contributed by atoms with Crippen molar-refractivity contribution >= 4 is 23.4 Å². The van der Waals surface area contributed by atoms with Crippen molar-refractivity contribution in [3.05, 3.63) is 41.4 Å². The van der Waals surface area contributed by atoms with Gasteiger partial charge in [0, 0.05) is 49.5 Å². The van der Waals surface area contributed by atoms with Crippen LogP contribution in [0.5, 0.6) is 0 Å². The SMILES string of the molecule is O=C(CCc1ncc(-c2ccc(Cl)cc2)o1)NCCCN1CCCC1=O. The molecule has 0 unspecified atom stereocenters. The summed E-state index contributed by atoms with van der Waals surface area (Å²) in [7, 11) is 0. The van der Waals surface area contributed by atoms with Gasteiger partial charge >= 0.3 is 0 Å². The predicted molar refractivity (Wildman–Crippen MR) is 98.7 cm³/mol. The fraction of sp³-hybridized carbons (Fsp3) is 0.421. The van der Waals surface area contributed by atoms with E-state index in [4.69, 9.17) is 16.0 Å². The van der Waals surface area contributed by atoms with Crippen molar-refractivity contribution in [2.24, 2.45) is 0 Å². The number of hydrogen-bond donors (Lipinski definition) is 1. The second-order valence-corrected chi connectivity index (χ2v) is 6.75. The Labute approximate surface area is 157 Å². The summed E-state index contributed by atoms with van der Waals surface area (Å²) in [5.74, 6) is 1.38. The van der Waals surface area contributed by atoms with E-state index in [1.165, 1.54) is 0 Å². The maximum absolute atomic E-state index is 11.9. The van der Waals surface area contributed by atoms with E-state index < -0.39 is 0 Å². The highest BCUT2D eigenvalue weighted by molar-refractivity contribution is 6.30. The van der Waals surface area contributed by atoms with Gasteiger partial charge in [0.2, 0.25) is 11.8 Å². The first-order valence-corrected chi connectivity index (χ1v) is 9.25. The van der Waals surface area contributed by atoms with E-state index >= 15 is 0 Å². The molecule has 0 radical (unpaired) electrons. The largest absolute Gasteiger partial charge is 0.441 e. The lowest BCUT2D eigenvalue weighted by Crippen LogP contribution is -2.30. The number of likely N-dealkylation sites (tertiary alicyclic amines) is 1. The predicted octanol–water partition coefficient (Wildman–Crippen LogP) is 3.06. The van der Waals surface area contributed by atoms with Gasteiger partial charge in [0.15, 0.2) is 11.7 Å². The molecular weight excluding hydrogens is 354 g/mol. The minimum absolute atomic E-state index is 0.0380. The smallest absolute Gasteiger partial charge is 0.222 e. The van der Waals surface area contributed by atoms with Crippen LogP contribution in [0.25, 0.3) is 11.3 Å². The Hall–Kier alpha value is -2.34. The molecule has 1 aromatic heterocycles. The first kappa shape index (κ1) is 18.5.